The predicted octanol–water partition coefficient (Wildman–Crippen LogP) is 1.19. The SMILES string of the molecule is CS(=O)(=O)Cc1cc(N)ccc1C1=CCN(C(=O)O)C1. The first-order valence-electron chi connectivity index (χ1n) is 5.99. The van der Waals surface area contributed by atoms with E-state index in [1.54, 1.807) is 24.3 Å². The summed E-state index contributed by atoms with van der Waals surface area (Å²) in [5.41, 5.74) is 8.35. The van der Waals surface area contributed by atoms with Gasteiger partial charge in [0.25, 0.3) is 0 Å². The van der Waals surface area contributed by atoms with Gasteiger partial charge in [-0.25, -0.2) is 13.2 Å². The van der Waals surface area contributed by atoms with Crippen molar-refractivity contribution in [3.05, 3.63) is 35.4 Å². The molecular weight excluding hydrogens is 280 g/mol. The number of hydrogen-bond acceptors (Lipinski definition) is 4. The first-order valence-corrected chi connectivity index (χ1v) is 8.06. The largest absolute Gasteiger partial charge is 0.465 e. The fraction of sp³-hybridized carbons (Fsp3) is 0.308. The molecule has 3 N–H and O–H groups in total. The number of nitrogens with two attached hydrogens (primary N) is 1. The molecule has 20 heavy (non-hydrogen) atoms. The smallest absolute Gasteiger partial charge is 0.407 e. The average molecular weight is 296 g/mol. The number of carboxylic acid groups (broad SMARTS) is 1. The molecule has 0 aromatic heterocycles. The summed E-state index contributed by atoms with van der Waals surface area (Å²) in [4.78, 5) is 12.2. The van der Waals surface area contributed by atoms with Crippen molar-refractivity contribution in [1.29, 1.82) is 0 Å². The van der Waals surface area contributed by atoms with E-state index in [0.717, 1.165) is 17.4 Å². The number of benzene rings is 1. The summed E-state index contributed by atoms with van der Waals surface area (Å²) in [5.74, 6) is -0.113. The molecule has 0 spiro atoms. The van der Waals surface area contributed by atoms with Gasteiger partial charge in [0.05, 0.1) is 5.75 Å². The Kier molecular flexibility index (Phi) is 3.71. The van der Waals surface area contributed by atoms with Crippen LogP contribution >= 0.6 is 0 Å². The molecule has 0 aliphatic carbocycles. The van der Waals surface area contributed by atoms with Gasteiger partial charge in [0.15, 0.2) is 9.84 Å². The van der Waals surface area contributed by atoms with Crippen LogP contribution in [0.2, 0.25) is 0 Å². The maximum absolute atomic E-state index is 11.5. The molecule has 0 saturated heterocycles. The lowest BCUT2D eigenvalue weighted by Gasteiger charge is -2.14. The van der Waals surface area contributed by atoms with Gasteiger partial charge in [0.2, 0.25) is 0 Å². The zero-order chi connectivity index (χ0) is 14.9. The van der Waals surface area contributed by atoms with E-state index in [9.17, 15) is 13.2 Å². The molecule has 7 heteroatoms. The molecule has 6 nitrogen and oxygen atoms in total. The third-order valence-electron chi connectivity index (χ3n) is 3.08. The molecule has 1 aliphatic rings. The molecule has 2 rings (SSSR count). The Bertz CT molecular complexity index is 680. The van der Waals surface area contributed by atoms with Crippen molar-refractivity contribution < 1.29 is 18.3 Å². The molecule has 1 aliphatic heterocycles. The highest BCUT2D eigenvalue weighted by Gasteiger charge is 2.22. The maximum Gasteiger partial charge on any atom is 0.407 e. The molecule has 0 radical (unpaired) electrons. The van der Waals surface area contributed by atoms with Crippen LogP contribution in [-0.4, -0.2) is 43.9 Å². The number of nitrogens with zero attached hydrogens (tertiary/aromatic N) is 1. The van der Waals surface area contributed by atoms with Gasteiger partial charge < -0.3 is 15.7 Å². The van der Waals surface area contributed by atoms with Crippen molar-refractivity contribution in [3.8, 4) is 0 Å². The lowest BCUT2D eigenvalue weighted by atomic mass is 10.0. The van der Waals surface area contributed by atoms with Gasteiger partial charge in [-0.15, -0.1) is 0 Å². The monoisotopic (exact) mass is 296 g/mol. The molecule has 0 fully saturated rings. The van der Waals surface area contributed by atoms with E-state index in [-0.39, 0.29) is 12.3 Å². The highest BCUT2D eigenvalue weighted by atomic mass is 32.2. The summed E-state index contributed by atoms with van der Waals surface area (Å²) in [7, 11) is -3.19. The molecule has 0 atom stereocenters. The summed E-state index contributed by atoms with van der Waals surface area (Å²) in [5, 5.41) is 8.95. The number of nitrogen functional groups attached to an aromatic ring is 1. The van der Waals surface area contributed by atoms with E-state index in [1.165, 1.54) is 4.90 Å². The Labute approximate surface area is 117 Å². The molecule has 0 unspecified atom stereocenters. The van der Waals surface area contributed by atoms with Crippen LogP contribution in [0.15, 0.2) is 24.3 Å². The highest BCUT2D eigenvalue weighted by molar-refractivity contribution is 7.89. The highest BCUT2D eigenvalue weighted by Crippen LogP contribution is 2.27. The Hall–Kier alpha value is -2.02. The predicted molar refractivity (Wildman–Crippen MR) is 77.0 cm³/mol. The third-order valence-corrected chi connectivity index (χ3v) is 3.92. The van der Waals surface area contributed by atoms with E-state index in [2.05, 4.69) is 0 Å². The van der Waals surface area contributed by atoms with Gasteiger partial charge in [-0.3, -0.25) is 0 Å². The van der Waals surface area contributed by atoms with Crippen LogP contribution in [0, 0.1) is 0 Å². The van der Waals surface area contributed by atoms with Crippen LogP contribution in [0.25, 0.3) is 5.57 Å². The van der Waals surface area contributed by atoms with Gasteiger partial charge in [-0.05, 0) is 28.8 Å². The van der Waals surface area contributed by atoms with Crippen molar-refractivity contribution in [2.45, 2.75) is 5.75 Å². The second-order valence-electron chi connectivity index (χ2n) is 4.88. The minimum Gasteiger partial charge on any atom is -0.465 e. The number of sulfone groups is 1. The van der Waals surface area contributed by atoms with E-state index in [4.69, 9.17) is 10.8 Å². The molecule has 108 valence electrons. The second kappa shape index (κ2) is 5.16. The molecule has 0 bridgehead atoms. The van der Waals surface area contributed by atoms with Crippen molar-refractivity contribution in [2.24, 2.45) is 0 Å². The van der Waals surface area contributed by atoms with Crippen LogP contribution < -0.4 is 5.73 Å². The first kappa shape index (κ1) is 14.4. The summed E-state index contributed by atoms with van der Waals surface area (Å²) in [6.07, 6.45) is 1.97. The first-order chi connectivity index (χ1) is 9.26. The Balaban J connectivity index is 2.35. The fourth-order valence-electron chi connectivity index (χ4n) is 2.22. The number of carbonyl (C=O) groups is 1. The van der Waals surface area contributed by atoms with E-state index < -0.39 is 15.9 Å². The van der Waals surface area contributed by atoms with Gasteiger partial charge in [-0.2, -0.15) is 0 Å². The minimum atomic E-state index is -3.19. The number of rotatable bonds is 3. The zero-order valence-electron chi connectivity index (χ0n) is 11.0. The normalized spacial score (nSPS) is 15.2. The van der Waals surface area contributed by atoms with Crippen molar-refractivity contribution in [3.63, 3.8) is 0 Å². The summed E-state index contributed by atoms with van der Waals surface area (Å²) >= 11 is 0. The van der Waals surface area contributed by atoms with E-state index in [1.807, 2.05) is 0 Å². The minimum absolute atomic E-state index is 0.113. The van der Waals surface area contributed by atoms with Gasteiger partial charge in [0.1, 0.15) is 0 Å². The Morgan fingerprint density at radius 1 is 1.45 bits per heavy atom. The molecule has 1 heterocycles. The van der Waals surface area contributed by atoms with Gasteiger partial charge >= 0.3 is 6.09 Å². The molecule has 1 aromatic rings. The summed E-state index contributed by atoms with van der Waals surface area (Å²) in [6, 6.07) is 5.05. The third kappa shape index (κ3) is 3.30. The van der Waals surface area contributed by atoms with Crippen molar-refractivity contribution >= 4 is 27.2 Å². The molecule has 1 amide bonds. The maximum atomic E-state index is 11.5. The second-order valence-corrected chi connectivity index (χ2v) is 7.02. The fourth-order valence-corrected chi connectivity index (χ4v) is 3.03. The molecule has 0 saturated carbocycles. The van der Waals surface area contributed by atoms with E-state index in [0.29, 0.717) is 17.8 Å². The van der Waals surface area contributed by atoms with Crippen LogP contribution in [0.4, 0.5) is 10.5 Å². The molecular formula is C13H16N2O4S. The summed E-state index contributed by atoms with van der Waals surface area (Å²) < 4.78 is 23.0. The van der Waals surface area contributed by atoms with Crippen LogP contribution in [0.5, 0.6) is 0 Å². The lowest BCUT2D eigenvalue weighted by molar-refractivity contribution is 0.158. The summed E-state index contributed by atoms with van der Waals surface area (Å²) in [6.45, 7) is 0.573. The number of anilines is 1. The van der Waals surface area contributed by atoms with Crippen LogP contribution in [0.1, 0.15) is 11.1 Å². The van der Waals surface area contributed by atoms with E-state index >= 15 is 0 Å². The lowest BCUT2D eigenvalue weighted by Crippen LogP contribution is -2.26. The number of hydrogen-bond donors (Lipinski definition) is 2. The van der Waals surface area contributed by atoms with Crippen molar-refractivity contribution in [2.75, 3.05) is 25.1 Å². The number of amides is 1. The average Bonchev–Trinajstić information content (AvgIpc) is 2.76. The van der Waals surface area contributed by atoms with Crippen molar-refractivity contribution in [1.82, 2.24) is 4.90 Å². The Morgan fingerprint density at radius 3 is 2.70 bits per heavy atom. The zero-order valence-corrected chi connectivity index (χ0v) is 11.9. The van der Waals surface area contributed by atoms with Crippen LogP contribution in [0.3, 0.4) is 0 Å². The quantitative estimate of drug-likeness (QED) is 0.816. The van der Waals surface area contributed by atoms with Gasteiger partial charge in [0, 0.05) is 25.0 Å². The van der Waals surface area contributed by atoms with Gasteiger partial charge in [-0.1, -0.05) is 12.1 Å². The Morgan fingerprint density at radius 2 is 2.15 bits per heavy atom. The van der Waals surface area contributed by atoms with Crippen LogP contribution in [-0.2, 0) is 15.6 Å². The molecule has 1 aromatic carbocycles. The topological polar surface area (TPSA) is 101 Å². The standard InChI is InChI=1S/C13H16N2O4S/c1-20(18,19)8-10-6-11(14)2-3-12(10)9-4-5-15(7-9)13(16)17/h2-4,6H,5,7-8,14H2,1H3,(H,16,17).